The van der Waals surface area contributed by atoms with Crippen molar-refractivity contribution in [1.29, 1.82) is 5.26 Å². The van der Waals surface area contributed by atoms with Gasteiger partial charge in [-0.2, -0.15) is 10.7 Å². The first-order valence-corrected chi connectivity index (χ1v) is 11.8. The third-order valence-corrected chi connectivity index (χ3v) is 7.27. The van der Waals surface area contributed by atoms with E-state index in [1.807, 2.05) is 17.5 Å². The van der Waals surface area contributed by atoms with Crippen molar-refractivity contribution in [1.82, 2.24) is 16.1 Å². The number of hydrogen-bond donors (Lipinski definition) is 5. The Bertz CT molecular complexity index is 1100. The summed E-state index contributed by atoms with van der Waals surface area (Å²) in [5, 5.41) is 35.7. The smallest absolute Gasteiger partial charge is 0.261 e. The van der Waals surface area contributed by atoms with Gasteiger partial charge in [-0.1, -0.05) is 6.07 Å². The minimum Gasteiger partial charge on any atom is -0.391 e. The van der Waals surface area contributed by atoms with E-state index in [2.05, 4.69) is 10.6 Å². The van der Waals surface area contributed by atoms with Crippen LogP contribution in [0, 0.1) is 11.3 Å². The highest BCUT2D eigenvalue weighted by molar-refractivity contribution is 7.22. The molecule has 3 rings (SSSR count). The predicted molar refractivity (Wildman–Crippen MR) is 121 cm³/mol. The molecule has 0 aliphatic carbocycles. The maximum atomic E-state index is 13.1. The zero-order valence-electron chi connectivity index (χ0n) is 17.9. The monoisotopic (exact) mass is 506 g/mol. The summed E-state index contributed by atoms with van der Waals surface area (Å²) in [5.74, 6) is -2.85. The fraction of sp³-hybridized carbons (Fsp3) is 0.381. The van der Waals surface area contributed by atoms with E-state index >= 15 is 0 Å². The molecular weight excluding hydrogens is 484 g/mol. The topological polar surface area (TPSA) is 178 Å². The SMILES string of the molecule is CC(=O)NC1C(O)CC(C(=O)C#N)OC1C(=O)C(CNC(=O)c1ccc(-c2cccs2)s1)NO. The number of hydroxylamine groups is 1. The Hall–Kier alpha value is -2.99. The molecule has 0 saturated carbocycles. The lowest BCUT2D eigenvalue weighted by atomic mass is 9.89. The third-order valence-electron chi connectivity index (χ3n) is 5.12. The van der Waals surface area contributed by atoms with Crippen LogP contribution in [0.5, 0.6) is 0 Å². The Morgan fingerprint density at radius 3 is 2.65 bits per heavy atom. The summed E-state index contributed by atoms with van der Waals surface area (Å²) in [5.41, 5.74) is 1.80. The summed E-state index contributed by atoms with van der Waals surface area (Å²) >= 11 is 2.80. The first-order chi connectivity index (χ1) is 16.2. The van der Waals surface area contributed by atoms with Crippen molar-refractivity contribution >= 4 is 46.1 Å². The molecule has 3 heterocycles. The molecule has 1 aliphatic heterocycles. The molecule has 1 saturated heterocycles. The standard InChI is InChI=1S/C21H22N4O7S2/c1-10(26)24-18-12(27)7-14(13(28)8-22)32-20(18)19(29)11(25-31)9-23-21(30)17-5-4-16(34-17)15-3-2-6-33-15/h2-6,11-12,14,18,20,25,27,31H,7,9H2,1H3,(H,23,30)(H,24,26). The zero-order valence-corrected chi connectivity index (χ0v) is 19.5. The van der Waals surface area contributed by atoms with E-state index in [-0.39, 0.29) is 13.0 Å². The largest absolute Gasteiger partial charge is 0.391 e. The molecule has 5 atom stereocenters. The number of Topliss-reactive ketones (excluding diaryl/α,β-unsaturated/α-hetero) is 2. The molecular formula is C21H22N4O7S2. The maximum Gasteiger partial charge on any atom is 0.261 e. The van der Waals surface area contributed by atoms with Crippen LogP contribution in [-0.2, 0) is 19.1 Å². The van der Waals surface area contributed by atoms with Gasteiger partial charge in [0.05, 0.1) is 17.0 Å². The molecule has 5 unspecified atom stereocenters. The Labute approximate surface area is 202 Å². The van der Waals surface area contributed by atoms with Crippen molar-refractivity contribution in [3.8, 4) is 15.8 Å². The average Bonchev–Trinajstić information content (AvgIpc) is 3.51. The van der Waals surface area contributed by atoms with Gasteiger partial charge in [0.15, 0.2) is 5.78 Å². The molecule has 0 bridgehead atoms. The van der Waals surface area contributed by atoms with Gasteiger partial charge in [0.2, 0.25) is 5.91 Å². The predicted octanol–water partition coefficient (Wildman–Crippen LogP) is 0.239. The number of nitrogens with one attached hydrogen (secondary N) is 3. The summed E-state index contributed by atoms with van der Waals surface area (Å²) in [6.07, 6.45) is -4.58. The second kappa shape index (κ2) is 11.4. The average molecular weight is 507 g/mol. The highest BCUT2D eigenvalue weighted by Crippen LogP contribution is 2.31. The summed E-state index contributed by atoms with van der Waals surface area (Å²) < 4.78 is 5.45. The number of nitrogens with zero attached hydrogens (tertiary/aromatic N) is 1. The van der Waals surface area contributed by atoms with Crippen molar-refractivity contribution in [3.05, 3.63) is 34.5 Å². The number of ketones is 2. The summed E-state index contributed by atoms with van der Waals surface area (Å²) in [6, 6.07) is 6.06. The first kappa shape index (κ1) is 25.6. The quantitative estimate of drug-likeness (QED) is 0.235. The molecule has 2 aromatic rings. The summed E-state index contributed by atoms with van der Waals surface area (Å²) in [4.78, 5) is 51.3. The fourth-order valence-electron chi connectivity index (χ4n) is 3.48. The maximum absolute atomic E-state index is 13.1. The van der Waals surface area contributed by atoms with Gasteiger partial charge < -0.3 is 25.7 Å². The number of ether oxygens (including phenoxy) is 1. The minimum absolute atomic E-state index is 0.292. The second-order valence-electron chi connectivity index (χ2n) is 7.49. The van der Waals surface area contributed by atoms with Crippen LogP contribution in [0.3, 0.4) is 0 Å². The molecule has 1 aliphatic rings. The van der Waals surface area contributed by atoms with Gasteiger partial charge in [-0.25, -0.2) is 0 Å². The number of hydrogen-bond acceptors (Lipinski definition) is 11. The van der Waals surface area contributed by atoms with Crippen LogP contribution in [-0.4, -0.2) is 70.6 Å². The highest BCUT2D eigenvalue weighted by Gasteiger charge is 2.46. The molecule has 180 valence electrons. The van der Waals surface area contributed by atoms with Crippen LogP contribution in [0.25, 0.3) is 9.75 Å². The Morgan fingerprint density at radius 2 is 2.03 bits per heavy atom. The Kier molecular flexibility index (Phi) is 8.61. The molecule has 13 heteroatoms. The van der Waals surface area contributed by atoms with Crippen molar-refractivity contribution < 1.29 is 34.2 Å². The van der Waals surface area contributed by atoms with E-state index in [0.29, 0.717) is 4.88 Å². The zero-order chi connectivity index (χ0) is 24.8. The van der Waals surface area contributed by atoms with E-state index in [9.17, 15) is 29.5 Å². The van der Waals surface area contributed by atoms with Gasteiger partial charge in [-0.3, -0.25) is 19.2 Å². The van der Waals surface area contributed by atoms with E-state index in [4.69, 9.17) is 10.00 Å². The van der Waals surface area contributed by atoms with Crippen molar-refractivity contribution in [2.75, 3.05) is 6.54 Å². The molecule has 0 radical (unpaired) electrons. The molecule has 1 fully saturated rings. The number of thiophene rings is 2. The summed E-state index contributed by atoms with van der Waals surface area (Å²) in [7, 11) is 0. The highest BCUT2D eigenvalue weighted by atomic mass is 32.1. The molecule has 2 aromatic heterocycles. The summed E-state index contributed by atoms with van der Waals surface area (Å²) in [6.45, 7) is 0.828. The number of carbonyl (C=O) groups excluding carboxylic acids is 4. The number of carbonyl (C=O) groups is 4. The van der Waals surface area contributed by atoms with Crippen molar-refractivity contribution in [2.45, 2.75) is 43.7 Å². The van der Waals surface area contributed by atoms with Gasteiger partial charge in [0.1, 0.15) is 24.3 Å². The molecule has 2 amide bonds. The van der Waals surface area contributed by atoms with Crippen LogP contribution in [0.15, 0.2) is 29.6 Å². The molecule has 5 N–H and O–H groups in total. The third kappa shape index (κ3) is 5.92. The van der Waals surface area contributed by atoms with Gasteiger partial charge >= 0.3 is 0 Å². The molecule has 11 nitrogen and oxygen atoms in total. The van der Waals surface area contributed by atoms with Crippen LogP contribution in [0.4, 0.5) is 0 Å². The number of amides is 2. The van der Waals surface area contributed by atoms with Crippen LogP contribution in [0.1, 0.15) is 23.0 Å². The number of aliphatic hydroxyl groups is 1. The lowest BCUT2D eigenvalue weighted by Gasteiger charge is -2.39. The van der Waals surface area contributed by atoms with Crippen molar-refractivity contribution in [3.63, 3.8) is 0 Å². The van der Waals surface area contributed by atoms with E-state index in [0.717, 1.165) is 9.75 Å². The molecule has 0 aromatic carbocycles. The van der Waals surface area contributed by atoms with Gasteiger partial charge in [-0.05, 0) is 23.6 Å². The molecule has 0 spiro atoms. The van der Waals surface area contributed by atoms with E-state index in [1.165, 1.54) is 35.7 Å². The van der Waals surface area contributed by atoms with E-state index in [1.54, 1.807) is 17.6 Å². The Morgan fingerprint density at radius 1 is 1.26 bits per heavy atom. The van der Waals surface area contributed by atoms with Crippen LogP contribution in [0.2, 0.25) is 0 Å². The van der Waals surface area contributed by atoms with Gasteiger partial charge in [0.25, 0.3) is 11.7 Å². The lowest BCUT2D eigenvalue weighted by molar-refractivity contribution is -0.164. The lowest BCUT2D eigenvalue weighted by Crippen LogP contribution is -2.63. The van der Waals surface area contributed by atoms with E-state index < -0.39 is 53.8 Å². The normalized spacial score (nSPS) is 22.9. The van der Waals surface area contributed by atoms with Gasteiger partial charge in [0, 0.05) is 29.6 Å². The molecule has 34 heavy (non-hydrogen) atoms. The number of nitriles is 1. The Balaban J connectivity index is 1.70. The van der Waals surface area contributed by atoms with Crippen molar-refractivity contribution in [2.24, 2.45) is 0 Å². The number of rotatable bonds is 9. The van der Waals surface area contributed by atoms with Crippen LogP contribution < -0.4 is 16.1 Å². The van der Waals surface area contributed by atoms with Crippen LogP contribution >= 0.6 is 22.7 Å². The van der Waals surface area contributed by atoms with Gasteiger partial charge in [-0.15, -0.1) is 22.7 Å². The first-order valence-electron chi connectivity index (χ1n) is 10.1. The second-order valence-corrected chi connectivity index (χ2v) is 9.52. The number of aliphatic hydroxyl groups excluding tert-OH is 1. The minimum atomic E-state index is -1.55. The fourth-order valence-corrected chi connectivity index (χ4v) is 5.23.